The molecule has 1 heterocycles. The second-order valence-corrected chi connectivity index (χ2v) is 2.33. The van der Waals surface area contributed by atoms with E-state index in [9.17, 15) is 0 Å². The lowest BCUT2D eigenvalue weighted by atomic mass is 10.3. The van der Waals surface area contributed by atoms with Gasteiger partial charge in [0.15, 0.2) is 5.52 Å². The molecule has 0 radical (unpaired) electrons. The zero-order valence-corrected chi connectivity index (χ0v) is 6.32. The Balaban J connectivity index is 2.69. The summed E-state index contributed by atoms with van der Waals surface area (Å²) in [6.07, 6.45) is 0. The maximum atomic E-state index is 5.32. The predicted octanol–water partition coefficient (Wildman–Crippen LogP) is 1.14. The summed E-state index contributed by atoms with van der Waals surface area (Å²) in [6.45, 7) is 2.77. The van der Waals surface area contributed by atoms with Crippen LogP contribution >= 0.6 is 0 Å². The molecule has 3 heteroatoms. The van der Waals surface area contributed by atoms with E-state index in [0.717, 1.165) is 17.6 Å². The highest BCUT2D eigenvalue weighted by molar-refractivity contribution is 5.69. The molecule has 0 amide bonds. The van der Waals surface area contributed by atoms with Gasteiger partial charge in [-0.15, -0.1) is 0 Å². The predicted molar refractivity (Wildman–Crippen MR) is 39.9 cm³/mol. The molecular formula is C8H9N2O+. The van der Waals surface area contributed by atoms with Crippen LogP contribution in [0.5, 0.6) is 0 Å². The molecule has 0 aliphatic heterocycles. The number of aromatic nitrogens is 2. The third-order valence-corrected chi connectivity index (χ3v) is 1.56. The molecule has 3 nitrogen and oxygen atoms in total. The van der Waals surface area contributed by atoms with Gasteiger partial charge in [-0.2, -0.15) is 0 Å². The fourth-order valence-corrected chi connectivity index (χ4v) is 1.01. The first kappa shape index (κ1) is 6.34. The van der Waals surface area contributed by atoms with Crippen molar-refractivity contribution in [2.45, 2.75) is 13.5 Å². The molecule has 0 spiro atoms. The molecule has 0 aliphatic carbocycles. The minimum atomic E-state index is 0.772. The summed E-state index contributed by atoms with van der Waals surface area (Å²) in [7, 11) is 0. The van der Waals surface area contributed by atoms with Crippen LogP contribution < -0.4 is 4.85 Å². The lowest BCUT2D eigenvalue weighted by Crippen LogP contribution is -2.32. The molecule has 1 aromatic heterocycles. The van der Waals surface area contributed by atoms with E-state index in [4.69, 9.17) is 4.52 Å². The van der Waals surface area contributed by atoms with E-state index in [-0.39, 0.29) is 0 Å². The zero-order chi connectivity index (χ0) is 7.68. The monoisotopic (exact) mass is 149 g/mol. The number of hydrogen-bond acceptors (Lipinski definition) is 2. The minimum absolute atomic E-state index is 0.772. The molecule has 11 heavy (non-hydrogen) atoms. The van der Waals surface area contributed by atoms with Gasteiger partial charge in [0.2, 0.25) is 12.1 Å². The van der Waals surface area contributed by atoms with Crippen molar-refractivity contribution < 1.29 is 9.38 Å². The molecule has 0 N–H and O–H groups in total. The summed E-state index contributed by atoms with van der Waals surface area (Å²) in [6, 6.07) is 7.73. The standard InChI is InChI=1S/C8H9N2O/c1-2-10-9-7-5-3-4-6-8(7)11-10/h3-6H,2H2,1H3/q+1. The summed E-state index contributed by atoms with van der Waals surface area (Å²) >= 11 is 0. The quantitative estimate of drug-likeness (QED) is 0.569. The lowest BCUT2D eigenvalue weighted by molar-refractivity contribution is -0.902. The fourth-order valence-electron chi connectivity index (χ4n) is 1.01. The van der Waals surface area contributed by atoms with E-state index < -0.39 is 0 Å². The van der Waals surface area contributed by atoms with E-state index in [0.29, 0.717) is 0 Å². The minimum Gasteiger partial charge on any atom is -0.208 e. The molecule has 2 aromatic rings. The van der Waals surface area contributed by atoms with Gasteiger partial charge in [0.25, 0.3) is 0 Å². The lowest BCUT2D eigenvalue weighted by Gasteiger charge is -1.73. The summed E-state index contributed by atoms with van der Waals surface area (Å²) in [4.78, 5) is 1.57. The van der Waals surface area contributed by atoms with Gasteiger partial charge >= 0.3 is 0 Å². The second-order valence-electron chi connectivity index (χ2n) is 2.33. The highest BCUT2D eigenvalue weighted by Crippen LogP contribution is 2.06. The smallest absolute Gasteiger partial charge is 0.208 e. The average molecular weight is 149 g/mol. The van der Waals surface area contributed by atoms with Gasteiger partial charge in [0.1, 0.15) is 0 Å². The number of aryl methyl sites for hydroxylation is 1. The Morgan fingerprint density at radius 1 is 1.45 bits per heavy atom. The van der Waals surface area contributed by atoms with Crippen LogP contribution in [0.25, 0.3) is 11.1 Å². The van der Waals surface area contributed by atoms with Crippen LogP contribution in [-0.4, -0.2) is 5.10 Å². The number of fused-ring (bicyclic) bond motifs is 1. The van der Waals surface area contributed by atoms with E-state index in [2.05, 4.69) is 5.10 Å². The first-order valence-electron chi connectivity index (χ1n) is 3.66. The van der Waals surface area contributed by atoms with Gasteiger partial charge in [-0.25, -0.2) is 4.52 Å². The zero-order valence-electron chi connectivity index (χ0n) is 6.32. The highest BCUT2D eigenvalue weighted by atomic mass is 16.5. The van der Waals surface area contributed by atoms with Crippen molar-refractivity contribution in [1.29, 1.82) is 0 Å². The molecule has 0 bridgehead atoms. The van der Waals surface area contributed by atoms with Gasteiger partial charge in [0, 0.05) is 12.0 Å². The summed E-state index contributed by atoms with van der Waals surface area (Å²) < 4.78 is 5.32. The maximum Gasteiger partial charge on any atom is 0.238 e. The molecule has 0 fully saturated rings. The first-order chi connectivity index (χ1) is 5.40. The van der Waals surface area contributed by atoms with Crippen LogP contribution in [0.15, 0.2) is 28.8 Å². The van der Waals surface area contributed by atoms with Crippen molar-refractivity contribution in [1.82, 2.24) is 5.10 Å². The van der Waals surface area contributed by atoms with E-state index in [1.807, 2.05) is 31.2 Å². The molecule has 56 valence electrons. The van der Waals surface area contributed by atoms with Crippen LogP contribution in [-0.2, 0) is 6.54 Å². The molecule has 0 saturated heterocycles. The Hall–Kier alpha value is -1.38. The molecule has 0 aliphatic rings. The largest absolute Gasteiger partial charge is 0.238 e. The van der Waals surface area contributed by atoms with E-state index in [1.165, 1.54) is 0 Å². The van der Waals surface area contributed by atoms with Crippen molar-refractivity contribution >= 4 is 11.1 Å². The first-order valence-corrected chi connectivity index (χ1v) is 3.66. The van der Waals surface area contributed by atoms with Crippen molar-refractivity contribution in [3.8, 4) is 0 Å². The summed E-state index contributed by atoms with van der Waals surface area (Å²) in [5, 5.41) is 4.18. The molecule has 0 atom stereocenters. The van der Waals surface area contributed by atoms with Gasteiger partial charge in [0.05, 0.1) is 4.85 Å². The van der Waals surface area contributed by atoms with Gasteiger partial charge in [-0.1, -0.05) is 12.1 Å². The second kappa shape index (κ2) is 2.34. The van der Waals surface area contributed by atoms with E-state index in [1.54, 1.807) is 4.85 Å². The Labute approximate surface area is 64.2 Å². The van der Waals surface area contributed by atoms with E-state index >= 15 is 0 Å². The highest BCUT2D eigenvalue weighted by Gasteiger charge is 2.08. The average Bonchev–Trinajstić information content (AvgIpc) is 2.46. The number of rotatable bonds is 1. The Bertz CT molecular complexity index is 334. The molecular weight excluding hydrogens is 140 g/mol. The van der Waals surface area contributed by atoms with Gasteiger partial charge in [-0.05, 0) is 12.1 Å². The maximum absolute atomic E-state index is 5.32. The van der Waals surface area contributed by atoms with Crippen molar-refractivity contribution in [3.63, 3.8) is 0 Å². The van der Waals surface area contributed by atoms with Gasteiger partial charge in [-0.3, -0.25) is 0 Å². The number of nitrogens with zero attached hydrogens (tertiary/aromatic N) is 2. The van der Waals surface area contributed by atoms with Crippen LogP contribution in [0.1, 0.15) is 6.92 Å². The molecule has 2 rings (SSSR count). The molecule has 1 aromatic carbocycles. The number of hydrogen-bond donors (Lipinski definition) is 0. The third-order valence-electron chi connectivity index (χ3n) is 1.56. The molecule has 0 saturated carbocycles. The number of benzene rings is 1. The van der Waals surface area contributed by atoms with Crippen LogP contribution in [0, 0.1) is 0 Å². The van der Waals surface area contributed by atoms with Crippen molar-refractivity contribution in [3.05, 3.63) is 24.3 Å². The van der Waals surface area contributed by atoms with Crippen molar-refractivity contribution in [2.75, 3.05) is 0 Å². The topological polar surface area (TPSA) is 29.9 Å². The van der Waals surface area contributed by atoms with Crippen LogP contribution in [0.3, 0.4) is 0 Å². The van der Waals surface area contributed by atoms with Crippen LogP contribution in [0.2, 0.25) is 0 Å². The fraction of sp³-hybridized carbons (Fsp3) is 0.250. The summed E-state index contributed by atoms with van der Waals surface area (Å²) in [5.74, 6) is 0. The third kappa shape index (κ3) is 0.981. The Kier molecular flexibility index (Phi) is 1.35. The Morgan fingerprint density at radius 3 is 3.00 bits per heavy atom. The van der Waals surface area contributed by atoms with Gasteiger partial charge < -0.3 is 0 Å². The normalized spacial score (nSPS) is 10.6. The number of para-hydroxylation sites is 1. The summed E-state index contributed by atoms with van der Waals surface area (Å²) in [5.41, 5.74) is 1.75. The SMILES string of the molecule is CC[n+]1nc2ccccc2o1. The van der Waals surface area contributed by atoms with Crippen LogP contribution in [0.4, 0.5) is 0 Å². The molecule has 0 unspecified atom stereocenters. The van der Waals surface area contributed by atoms with Crippen molar-refractivity contribution in [2.24, 2.45) is 0 Å². The Morgan fingerprint density at radius 2 is 2.27 bits per heavy atom.